The van der Waals surface area contributed by atoms with Gasteiger partial charge in [0.25, 0.3) is 5.69 Å². The van der Waals surface area contributed by atoms with Crippen LogP contribution in [0.5, 0.6) is 0 Å². The summed E-state index contributed by atoms with van der Waals surface area (Å²) >= 11 is 14.8. The number of thiazole rings is 1. The number of aromatic nitrogens is 1. The molecule has 10 nitrogen and oxygen atoms in total. The zero-order valence-electron chi connectivity index (χ0n) is 21.5. The number of amides is 3. The first-order valence-electron chi connectivity index (χ1n) is 12.6. The van der Waals surface area contributed by atoms with Crippen LogP contribution in [0.2, 0.25) is 10.0 Å². The Bertz CT molecular complexity index is 1880. The number of nitro groups is 1. The molecule has 0 aliphatic carbocycles. The Kier molecular flexibility index (Phi) is 7.59. The van der Waals surface area contributed by atoms with Crippen LogP contribution < -0.4 is 15.1 Å². The fourth-order valence-corrected chi connectivity index (χ4v) is 8.40. The molecular weight excluding hydrogens is 642 g/mol. The SMILES string of the molecule is O=C(Cn1c2c(sc1=O)[C@@H](c1cccc(Cl)c1Cl)[C@@H]1C(=O)N(c3ccc([N+](=O)[O-])cc3)C(=O)[C@@H]1S2)Nc1ccc(F)cc1. The van der Waals surface area contributed by atoms with E-state index in [4.69, 9.17) is 23.2 Å². The molecule has 43 heavy (non-hydrogen) atoms. The zero-order valence-corrected chi connectivity index (χ0v) is 24.7. The van der Waals surface area contributed by atoms with Gasteiger partial charge in [-0.25, -0.2) is 9.29 Å². The first-order valence-corrected chi connectivity index (χ1v) is 15.0. The van der Waals surface area contributed by atoms with Gasteiger partial charge in [0, 0.05) is 28.6 Å². The van der Waals surface area contributed by atoms with Crippen molar-refractivity contribution >= 4 is 81.1 Å². The molecule has 3 amide bonds. The molecule has 1 N–H and O–H groups in total. The molecular formula is C28H17Cl2FN4O6S2. The van der Waals surface area contributed by atoms with E-state index < -0.39 is 57.0 Å². The number of hydrogen-bond donors (Lipinski definition) is 1. The Hall–Kier alpha value is -4.04. The van der Waals surface area contributed by atoms with Gasteiger partial charge < -0.3 is 5.32 Å². The number of rotatable bonds is 6. The molecule has 3 atom stereocenters. The molecule has 15 heteroatoms. The van der Waals surface area contributed by atoms with Gasteiger partial charge in [0.1, 0.15) is 17.6 Å². The summed E-state index contributed by atoms with van der Waals surface area (Å²) in [6.45, 7) is -0.406. The molecule has 2 aliphatic heterocycles. The molecule has 0 saturated carbocycles. The quantitative estimate of drug-likeness (QED) is 0.160. The summed E-state index contributed by atoms with van der Waals surface area (Å²) in [5, 5.41) is 13.4. The van der Waals surface area contributed by atoms with Gasteiger partial charge in [-0.15, -0.1) is 0 Å². The summed E-state index contributed by atoms with van der Waals surface area (Å²) in [4.78, 5) is 65.5. The lowest BCUT2D eigenvalue weighted by Gasteiger charge is -2.31. The molecule has 0 unspecified atom stereocenters. The number of carbonyl (C=O) groups excluding carboxylic acids is 3. The maximum Gasteiger partial charge on any atom is 0.308 e. The van der Waals surface area contributed by atoms with Gasteiger partial charge in [-0.3, -0.25) is 33.9 Å². The van der Waals surface area contributed by atoms with Gasteiger partial charge in [0.05, 0.1) is 31.6 Å². The molecule has 4 aromatic rings. The number of anilines is 2. The molecule has 1 aromatic heterocycles. The van der Waals surface area contributed by atoms with Crippen molar-refractivity contribution in [1.82, 2.24) is 4.57 Å². The van der Waals surface area contributed by atoms with Crippen molar-refractivity contribution in [2.75, 3.05) is 10.2 Å². The van der Waals surface area contributed by atoms with Crippen LogP contribution >= 0.6 is 46.3 Å². The monoisotopic (exact) mass is 658 g/mol. The second-order valence-electron chi connectivity index (χ2n) is 9.65. The van der Waals surface area contributed by atoms with Crippen molar-refractivity contribution in [2.45, 2.75) is 22.7 Å². The average Bonchev–Trinajstić information content (AvgIpc) is 3.42. The molecule has 2 aliphatic rings. The van der Waals surface area contributed by atoms with Crippen molar-refractivity contribution in [2.24, 2.45) is 5.92 Å². The maximum atomic E-state index is 14.0. The lowest BCUT2D eigenvalue weighted by molar-refractivity contribution is -0.384. The van der Waals surface area contributed by atoms with Crippen LogP contribution in [0.4, 0.5) is 21.5 Å². The fraction of sp³-hybridized carbons (Fsp3) is 0.143. The topological polar surface area (TPSA) is 132 Å². The largest absolute Gasteiger partial charge is 0.325 e. The van der Waals surface area contributed by atoms with Gasteiger partial charge in [-0.2, -0.15) is 0 Å². The maximum absolute atomic E-state index is 14.0. The van der Waals surface area contributed by atoms with E-state index in [-0.39, 0.29) is 21.4 Å². The summed E-state index contributed by atoms with van der Waals surface area (Å²) in [5.41, 5.74) is 0.714. The minimum absolute atomic E-state index is 0.154. The number of fused-ring (bicyclic) bond motifs is 2. The van der Waals surface area contributed by atoms with Crippen molar-refractivity contribution in [3.8, 4) is 0 Å². The number of hydrogen-bond acceptors (Lipinski definition) is 8. The van der Waals surface area contributed by atoms with Crippen molar-refractivity contribution in [1.29, 1.82) is 0 Å². The van der Waals surface area contributed by atoms with Crippen molar-refractivity contribution < 1.29 is 23.7 Å². The average molecular weight is 660 g/mol. The highest BCUT2D eigenvalue weighted by molar-refractivity contribution is 8.00. The second kappa shape index (κ2) is 11.2. The number of benzene rings is 3. The molecule has 3 aromatic carbocycles. The number of carbonyl (C=O) groups is 3. The summed E-state index contributed by atoms with van der Waals surface area (Å²) in [7, 11) is 0. The smallest absolute Gasteiger partial charge is 0.308 e. The van der Waals surface area contributed by atoms with Crippen LogP contribution in [-0.2, 0) is 20.9 Å². The predicted octanol–water partition coefficient (Wildman–Crippen LogP) is 5.70. The van der Waals surface area contributed by atoms with Gasteiger partial charge in [0.2, 0.25) is 17.7 Å². The Morgan fingerprint density at radius 2 is 1.70 bits per heavy atom. The third kappa shape index (κ3) is 5.12. The zero-order chi connectivity index (χ0) is 30.6. The number of imide groups is 1. The van der Waals surface area contributed by atoms with Crippen LogP contribution in [0.3, 0.4) is 0 Å². The summed E-state index contributed by atoms with van der Waals surface area (Å²) < 4.78 is 14.5. The molecule has 218 valence electrons. The highest BCUT2D eigenvalue weighted by Gasteiger charge is 2.57. The van der Waals surface area contributed by atoms with Crippen LogP contribution in [-0.4, -0.2) is 32.5 Å². The minimum Gasteiger partial charge on any atom is -0.325 e. The molecule has 1 fully saturated rings. The van der Waals surface area contributed by atoms with Crippen LogP contribution in [0.15, 0.2) is 76.6 Å². The van der Waals surface area contributed by atoms with E-state index in [1.165, 1.54) is 53.1 Å². The van der Waals surface area contributed by atoms with E-state index in [0.717, 1.165) is 28.0 Å². The molecule has 0 spiro atoms. The van der Waals surface area contributed by atoms with E-state index >= 15 is 0 Å². The first kappa shape index (κ1) is 29.1. The molecule has 0 bridgehead atoms. The number of nitrogens with zero attached hydrogens (tertiary/aromatic N) is 3. The normalized spacial score (nSPS) is 19.2. The summed E-state index contributed by atoms with van der Waals surface area (Å²) in [6.07, 6.45) is 0. The Balaban J connectivity index is 1.42. The van der Waals surface area contributed by atoms with E-state index in [2.05, 4.69) is 5.32 Å². The molecule has 6 rings (SSSR count). The van der Waals surface area contributed by atoms with Gasteiger partial charge >= 0.3 is 4.87 Å². The third-order valence-corrected chi connectivity index (χ3v) is 10.6. The number of nitro benzene ring substituents is 1. The van der Waals surface area contributed by atoms with Gasteiger partial charge in [-0.1, -0.05) is 58.4 Å². The Labute approximate surface area is 260 Å². The van der Waals surface area contributed by atoms with Crippen molar-refractivity contribution in [3.63, 3.8) is 0 Å². The molecule has 3 heterocycles. The fourth-order valence-electron chi connectivity index (χ4n) is 5.21. The van der Waals surface area contributed by atoms with E-state index in [1.807, 2.05) is 0 Å². The minimum atomic E-state index is -1.00. The standard InChI is InChI=1S/C28H17Cl2FN4O6S2/c29-18-3-1-2-17(22(18)30)20-21-23(26(38)34(25(21)37)15-8-10-16(11-9-15)35(40)41)42-27-24(20)43-28(39)33(27)12-19(36)32-14-6-4-13(31)5-7-14/h1-11,20-21,23H,12H2,(H,32,36)/t20-,21-,23+/m0/s1. The van der Waals surface area contributed by atoms with Gasteiger partial charge in [-0.05, 0) is 48.0 Å². The third-order valence-electron chi connectivity index (χ3n) is 7.11. The Morgan fingerprint density at radius 1 is 1.00 bits per heavy atom. The van der Waals surface area contributed by atoms with Crippen LogP contribution in [0.25, 0.3) is 0 Å². The number of thioether (sulfide) groups is 1. The molecule has 0 radical (unpaired) electrons. The lowest BCUT2D eigenvalue weighted by atomic mass is 9.83. The Morgan fingerprint density at radius 3 is 2.37 bits per heavy atom. The van der Waals surface area contributed by atoms with E-state index in [1.54, 1.807) is 18.2 Å². The van der Waals surface area contributed by atoms with Gasteiger partial charge in [0.15, 0.2) is 0 Å². The number of non-ortho nitro benzene ring substituents is 1. The second-order valence-corrected chi connectivity index (χ2v) is 12.6. The first-order chi connectivity index (χ1) is 20.5. The molecule has 1 saturated heterocycles. The van der Waals surface area contributed by atoms with E-state index in [0.29, 0.717) is 21.2 Å². The predicted molar refractivity (Wildman–Crippen MR) is 161 cm³/mol. The summed E-state index contributed by atoms with van der Waals surface area (Å²) in [5.74, 6) is -4.03. The van der Waals surface area contributed by atoms with Crippen molar-refractivity contribution in [3.05, 3.63) is 113 Å². The highest BCUT2D eigenvalue weighted by atomic mass is 35.5. The van der Waals surface area contributed by atoms with Crippen LogP contribution in [0, 0.1) is 21.8 Å². The number of halogens is 3. The number of nitrogens with one attached hydrogen (secondary N) is 1. The highest BCUT2D eigenvalue weighted by Crippen LogP contribution is 2.55. The van der Waals surface area contributed by atoms with Crippen LogP contribution in [0.1, 0.15) is 16.4 Å². The summed E-state index contributed by atoms with van der Waals surface area (Å²) in [6, 6.07) is 15.0. The lowest BCUT2D eigenvalue weighted by Crippen LogP contribution is -2.33. The van der Waals surface area contributed by atoms with E-state index in [9.17, 15) is 33.7 Å².